The molecule has 5 heteroatoms. The van der Waals surface area contributed by atoms with Crippen molar-refractivity contribution < 1.29 is 9.18 Å². The highest BCUT2D eigenvalue weighted by Gasteiger charge is 2.40. The molecule has 3 rings (SSSR count). The molecule has 2 aliphatic rings. The van der Waals surface area contributed by atoms with Gasteiger partial charge < -0.3 is 15.5 Å². The van der Waals surface area contributed by atoms with E-state index in [4.69, 9.17) is 0 Å². The van der Waals surface area contributed by atoms with Crippen LogP contribution in [0.15, 0.2) is 18.2 Å². The Morgan fingerprint density at radius 1 is 1.43 bits per heavy atom. The van der Waals surface area contributed by atoms with Crippen molar-refractivity contribution in [1.82, 2.24) is 10.2 Å². The molecule has 1 aromatic rings. The molecule has 0 radical (unpaired) electrons. The Morgan fingerprint density at radius 2 is 2.29 bits per heavy atom. The predicted molar refractivity (Wildman–Crippen MR) is 80.9 cm³/mol. The van der Waals surface area contributed by atoms with Crippen LogP contribution in [0.1, 0.15) is 24.8 Å². The largest absolute Gasteiger partial charge is 0.324 e. The van der Waals surface area contributed by atoms with Gasteiger partial charge in [0.25, 0.3) is 0 Å². The van der Waals surface area contributed by atoms with E-state index in [0.717, 1.165) is 38.2 Å². The van der Waals surface area contributed by atoms with Gasteiger partial charge in [-0.05, 0) is 50.4 Å². The Kier molecular flexibility index (Phi) is 3.85. The van der Waals surface area contributed by atoms with E-state index in [1.54, 1.807) is 6.07 Å². The number of carbonyl (C=O) groups is 1. The van der Waals surface area contributed by atoms with Crippen LogP contribution < -0.4 is 10.6 Å². The van der Waals surface area contributed by atoms with Crippen molar-refractivity contribution in [3.05, 3.63) is 29.6 Å². The topological polar surface area (TPSA) is 44.4 Å². The summed E-state index contributed by atoms with van der Waals surface area (Å²) in [4.78, 5) is 14.2. The average molecular weight is 291 g/mol. The lowest BCUT2D eigenvalue weighted by Gasteiger charge is -2.33. The monoisotopic (exact) mass is 291 g/mol. The van der Waals surface area contributed by atoms with Crippen LogP contribution in [-0.2, 0) is 0 Å². The highest BCUT2D eigenvalue weighted by atomic mass is 19.1. The molecule has 0 aliphatic carbocycles. The minimum Gasteiger partial charge on any atom is -0.324 e. The molecule has 2 heterocycles. The first-order valence-corrected chi connectivity index (χ1v) is 7.61. The lowest BCUT2D eigenvalue weighted by molar-refractivity contribution is 0.195. The summed E-state index contributed by atoms with van der Waals surface area (Å²) in [5.41, 5.74) is 1.67. The van der Waals surface area contributed by atoms with Crippen LogP contribution >= 0.6 is 0 Å². The molecule has 1 aromatic carbocycles. The Balaban J connectivity index is 1.65. The van der Waals surface area contributed by atoms with Crippen molar-refractivity contribution in [2.75, 3.05) is 31.5 Å². The van der Waals surface area contributed by atoms with Gasteiger partial charge in [-0.3, -0.25) is 0 Å². The molecule has 2 saturated heterocycles. The molecule has 2 amide bonds. The third-order valence-electron chi connectivity index (χ3n) is 4.73. The van der Waals surface area contributed by atoms with Gasteiger partial charge in [0.15, 0.2) is 0 Å². The Morgan fingerprint density at radius 3 is 3.05 bits per heavy atom. The molecule has 0 saturated carbocycles. The van der Waals surface area contributed by atoms with Crippen molar-refractivity contribution in [3.8, 4) is 0 Å². The maximum atomic E-state index is 13.3. The van der Waals surface area contributed by atoms with Crippen molar-refractivity contribution in [2.45, 2.75) is 26.2 Å². The van der Waals surface area contributed by atoms with Crippen LogP contribution in [-0.4, -0.2) is 37.1 Å². The Hall–Kier alpha value is -1.62. The summed E-state index contributed by atoms with van der Waals surface area (Å²) in [7, 11) is 0. The Labute approximate surface area is 124 Å². The number of amides is 2. The number of nitrogens with zero attached hydrogens (tertiary/aromatic N) is 1. The van der Waals surface area contributed by atoms with Gasteiger partial charge in [-0.25, -0.2) is 9.18 Å². The number of anilines is 1. The third kappa shape index (κ3) is 3.02. The summed E-state index contributed by atoms with van der Waals surface area (Å²) in [6.45, 7) is 5.51. The van der Waals surface area contributed by atoms with Crippen molar-refractivity contribution in [3.63, 3.8) is 0 Å². The minimum absolute atomic E-state index is 0.119. The number of likely N-dealkylation sites (tertiary alicyclic amines) is 1. The second kappa shape index (κ2) is 5.64. The molecule has 4 nitrogen and oxygen atoms in total. The van der Waals surface area contributed by atoms with Crippen molar-refractivity contribution >= 4 is 11.7 Å². The Bertz CT molecular complexity index is 540. The SMILES string of the molecule is Cc1ccc(F)cc1NC(=O)N1CCC2(CCCNC2)C1. The second-order valence-corrected chi connectivity index (χ2v) is 6.34. The molecule has 0 bridgehead atoms. The fourth-order valence-electron chi connectivity index (χ4n) is 3.41. The maximum absolute atomic E-state index is 13.3. The first kappa shape index (κ1) is 14.3. The lowest BCUT2D eigenvalue weighted by atomic mass is 9.80. The zero-order valence-corrected chi connectivity index (χ0v) is 12.4. The fraction of sp³-hybridized carbons (Fsp3) is 0.562. The van der Waals surface area contributed by atoms with E-state index >= 15 is 0 Å². The summed E-state index contributed by atoms with van der Waals surface area (Å²) < 4.78 is 13.3. The van der Waals surface area contributed by atoms with Gasteiger partial charge in [0.2, 0.25) is 0 Å². The average Bonchev–Trinajstić information content (AvgIpc) is 2.87. The number of benzene rings is 1. The fourth-order valence-corrected chi connectivity index (χ4v) is 3.41. The molecule has 1 unspecified atom stereocenters. The molecule has 2 N–H and O–H groups in total. The van der Waals surface area contributed by atoms with E-state index in [1.165, 1.54) is 25.0 Å². The molecule has 2 aliphatic heterocycles. The standard InChI is InChI=1S/C16H22FN3O/c1-12-3-4-13(17)9-14(12)19-15(21)20-8-6-16(11-20)5-2-7-18-10-16/h3-4,9,18H,2,5-8,10-11H2,1H3,(H,19,21). The summed E-state index contributed by atoms with van der Waals surface area (Å²) in [5, 5.41) is 6.28. The summed E-state index contributed by atoms with van der Waals surface area (Å²) in [6, 6.07) is 4.35. The van der Waals surface area contributed by atoms with Gasteiger partial charge in [-0.1, -0.05) is 6.07 Å². The highest BCUT2D eigenvalue weighted by Crippen LogP contribution is 2.36. The molecule has 1 spiro atoms. The zero-order chi connectivity index (χ0) is 14.9. The van der Waals surface area contributed by atoms with Gasteiger partial charge in [0.05, 0.1) is 0 Å². The number of hydrogen-bond acceptors (Lipinski definition) is 2. The van der Waals surface area contributed by atoms with Gasteiger partial charge in [-0.15, -0.1) is 0 Å². The molecule has 1 atom stereocenters. The van der Waals surface area contributed by atoms with E-state index in [9.17, 15) is 9.18 Å². The molecule has 2 fully saturated rings. The molecular formula is C16H22FN3O. The molecule has 0 aromatic heterocycles. The number of urea groups is 1. The lowest BCUT2D eigenvalue weighted by Crippen LogP contribution is -2.43. The first-order chi connectivity index (χ1) is 10.1. The van der Waals surface area contributed by atoms with E-state index < -0.39 is 0 Å². The summed E-state index contributed by atoms with van der Waals surface area (Å²) in [6.07, 6.45) is 3.41. The maximum Gasteiger partial charge on any atom is 0.321 e. The number of hydrogen-bond donors (Lipinski definition) is 2. The normalized spacial score (nSPS) is 25.3. The van der Waals surface area contributed by atoms with Gasteiger partial charge in [0, 0.05) is 30.7 Å². The number of aryl methyl sites for hydroxylation is 1. The van der Waals surface area contributed by atoms with E-state index in [-0.39, 0.29) is 17.3 Å². The highest BCUT2D eigenvalue weighted by molar-refractivity contribution is 5.90. The van der Waals surface area contributed by atoms with Crippen LogP contribution in [0.5, 0.6) is 0 Å². The van der Waals surface area contributed by atoms with Crippen LogP contribution in [0, 0.1) is 18.2 Å². The van der Waals surface area contributed by atoms with Crippen LogP contribution in [0.2, 0.25) is 0 Å². The molecule has 21 heavy (non-hydrogen) atoms. The minimum atomic E-state index is -0.328. The quantitative estimate of drug-likeness (QED) is 0.835. The third-order valence-corrected chi connectivity index (χ3v) is 4.73. The van der Waals surface area contributed by atoms with Crippen LogP contribution in [0.25, 0.3) is 0 Å². The van der Waals surface area contributed by atoms with E-state index in [0.29, 0.717) is 5.69 Å². The number of piperidine rings is 1. The predicted octanol–water partition coefficient (Wildman–Crippen LogP) is 2.74. The van der Waals surface area contributed by atoms with Crippen LogP contribution in [0.4, 0.5) is 14.9 Å². The van der Waals surface area contributed by atoms with Crippen molar-refractivity contribution in [1.29, 1.82) is 0 Å². The summed E-state index contributed by atoms with van der Waals surface area (Å²) in [5.74, 6) is -0.328. The number of carbonyl (C=O) groups excluding carboxylic acids is 1. The number of rotatable bonds is 1. The van der Waals surface area contributed by atoms with Gasteiger partial charge in [0.1, 0.15) is 5.82 Å². The number of halogens is 1. The number of nitrogens with one attached hydrogen (secondary N) is 2. The van der Waals surface area contributed by atoms with E-state index in [2.05, 4.69) is 10.6 Å². The summed E-state index contributed by atoms with van der Waals surface area (Å²) >= 11 is 0. The van der Waals surface area contributed by atoms with Crippen LogP contribution in [0.3, 0.4) is 0 Å². The van der Waals surface area contributed by atoms with E-state index in [1.807, 2.05) is 11.8 Å². The zero-order valence-electron chi connectivity index (χ0n) is 12.4. The van der Waals surface area contributed by atoms with Gasteiger partial charge in [-0.2, -0.15) is 0 Å². The second-order valence-electron chi connectivity index (χ2n) is 6.34. The molecule has 114 valence electrons. The first-order valence-electron chi connectivity index (χ1n) is 7.61. The smallest absolute Gasteiger partial charge is 0.321 e. The van der Waals surface area contributed by atoms with Gasteiger partial charge >= 0.3 is 6.03 Å². The molecular weight excluding hydrogens is 269 g/mol. The van der Waals surface area contributed by atoms with Crippen molar-refractivity contribution in [2.24, 2.45) is 5.41 Å².